The van der Waals surface area contributed by atoms with Crippen molar-refractivity contribution in [3.8, 4) is 0 Å². The number of aromatic nitrogens is 1. The topological polar surface area (TPSA) is 24.9 Å². The Morgan fingerprint density at radius 3 is 3.00 bits per heavy atom. The van der Waals surface area contributed by atoms with Crippen molar-refractivity contribution in [3.63, 3.8) is 0 Å². The Bertz CT molecular complexity index is 526. The Balaban J connectivity index is 0.000000457. The average Bonchev–Trinajstić information content (AvgIpc) is 2.77. The summed E-state index contributed by atoms with van der Waals surface area (Å²) < 4.78 is 0. The molecule has 1 aliphatic heterocycles. The van der Waals surface area contributed by atoms with E-state index in [9.17, 15) is 0 Å². The molecule has 16 heavy (non-hydrogen) atoms. The van der Waals surface area contributed by atoms with Crippen molar-refractivity contribution >= 4 is 27.1 Å². The first-order valence-corrected chi connectivity index (χ1v) is 6.50. The number of hydrogen-bond acceptors (Lipinski definition) is 3. The van der Waals surface area contributed by atoms with Gasteiger partial charge in [0, 0.05) is 18.1 Å². The number of rotatable bonds is 0. The minimum atomic E-state index is 0.894. The Morgan fingerprint density at radius 1 is 1.38 bits per heavy atom. The highest BCUT2D eigenvalue weighted by Crippen LogP contribution is 2.26. The fourth-order valence-electron chi connectivity index (χ4n) is 1.80. The predicted octanol–water partition coefficient (Wildman–Crippen LogP) is 3.79. The van der Waals surface area contributed by atoms with Crippen molar-refractivity contribution in [1.82, 2.24) is 10.3 Å². The van der Waals surface area contributed by atoms with Crippen molar-refractivity contribution in [3.05, 3.63) is 35.0 Å². The van der Waals surface area contributed by atoms with Crippen LogP contribution in [0.15, 0.2) is 23.7 Å². The summed E-state index contributed by atoms with van der Waals surface area (Å²) in [5.74, 6) is 0. The first-order chi connectivity index (χ1) is 7.84. The average molecular weight is 232 g/mol. The molecular formula is C13H16N2S. The summed E-state index contributed by atoms with van der Waals surface area (Å²) in [4.78, 5) is 5.80. The molecule has 0 atom stereocenters. The Morgan fingerprint density at radius 2 is 2.19 bits per heavy atom. The minimum absolute atomic E-state index is 0.894. The van der Waals surface area contributed by atoms with Gasteiger partial charge in [0.15, 0.2) is 0 Å². The normalized spacial score (nSPS) is 13.3. The first-order valence-electron chi connectivity index (χ1n) is 5.62. The van der Waals surface area contributed by atoms with Crippen molar-refractivity contribution < 1.29 is 0 Å². The summed E-state index contributed by atoms with van der Waals surface area (Å²) in [7, 11) is 0. The monoisotopic (exact) mass is 232 g/mol. The molecule has 0 amide bonds. The number of allylic oxidation sites excluding steroid dienone is 1. The van der Waals surface area contributed by atoms with Crippen molar-refractivity contribution in [1.29, 1.82) is 0 Å². The zero-order valence-electron chi connectivity index (χ0n) is 9.87. The zero-order chi connectivity index (χ0) is 11.5. The van der Waals surface area contributed by atoms with E-state index in [1.165, 1.54) is 16.5 Å². The van der Waals surface area contributed by atoms with E-state index in [4.69, 9.17) is 0 Å². The van der Waals surface area contributed by atoms with Gasteiger partial charge in [-0.2, -0.15) is 0 Å². The minimum Gasteiger partial charge on any atom is -0.386 e. The molecule has 0 unspecified atom stereocenters. The summed E-state index contributed by atoms with van der Waals surface area (Å²) in [5.41, 5.74) is 3.68. The van der Waals surface area contributed by atoms with Gasteiger partial charge in [-0.3, -0.25) is 0 Å². The number of hydrogen-bond donors (Lipinski definition) is 1. The van der Waals surface area contributed by atoms with Crippen LogP contribution in [0.2, 0.25) is 0 Å². The molecule has 1 aliphatic rings. The van der Waals surface area contributed by atoms with Gasteiger partial charge in [-0.25, -0.2) is 4.98 Å². The second-order valence-corrected chi connectivity index (χ2v) is 4.41. The largest absolute Gasteiger partial charge is 0.386 e. The molecule has 1 N–H and O–H groups in total. The molecule has 2 aromatic heterocycles. The summed E-state index contributed by atoms with van der Waals surface area (Å²) >= 11 is 1.70. The first kappa shape index (κ1) is 11.1. The molecule has 0 saturated heterocycles. The number of thiophene rings is 1. The number of nitrogens with one attached hydrogen (secondary N) is 1. The molecule has 0 saturated carbocycles. The highest BCUT2D eigenvalue weighted by atomic mass is 32.1. The highest BCUT2D eigenvalue weighted by Gasteiger charge is 2.11. The van der Waals surface area contributed by atoms with Crippen LogP contribution in [0, 0.1) is 0 Å². The fraction of sp³-hybridized carbons (Fsp3) is 0.308. The smallest absolute Gasteiger partial charge is 0.123 e. The lowest BCUT2D eigenvalue weighted by Crippen LogP contribution is -2.13. The van der Waals surface area contributed by atoms with Gasteiger partial charge in [0.1, 0.15) is 4.83 Å². The third-order valence-electron chi connectivity index (χ3n) is 2.51. The second-order valence-electron chi connectivity index (χ2n) is 3.52. The van der Waals surface area contributed by atoms with Crippen molar-refractivity contribution in [2.75, 3.05) is 0 Å². The van der Waals surface area contributed by atoms with Crippen LogP contribution in [0.1, 0.15) is 32.0 Å². The van der Waals surface area contributed by atoms with E-state index in [0.29, 0.717) is 0 Å². The summed E-state index contributed by atoms with van der Waals surface area (Å²) in [5, 5.41) is 6.60. The lowest BCUT2D eigenvalue weighted by Gasteiger charge is -2.15. The van der Waals surface area contributed by atoms with Crippen LogP contribution in [-0.4, -0.2) is 4.98 Å². The molecule has 0 radical (unpaired) electrons. The van der Waals surface area contributed by atoms with E-state index < -0.39 is 0 Å². The number of pyridine rings is 1. The Hall–Kier alpha value is -1.35. The van der Waals surface area contributed by atoms with Gasteiger partial charge in [0.25, 0.3) is 0 Å². The number of fused-ring (bicyclic) bond motifs is 2. The summed E-state index contributed by atoms with van der Waals surface area (Å²) in [6.45, 7) is 6.99. The van der Waals surface area contributed by atoms with Gasteiger partial charge in [0.05, 0.1) is 5.69 Å². The molecule has 0 fully saturated rings. The molecule has 0 aliphatic carbocycles. The summed E-state index contributed by atoms with van der Waals surface area (Å²) in [6, 6.07) is 4.36. The lowest BCUT2D eigenvalue weighted by atomic mass is 10.0. The van der Waals surface area contributed by atoms with E-state index in [2.05, 4.69) is 34.7 Å². The van der Waals surface area contributed by atoms with E-state index in [1.54, 1.807) is 11.3 Å². The third-order valence-corrected chi connectivity index (χ3v) is 3.33. The molecule has 3 heteroatoms. The van der Waals surface area contributed by atoms with Crippen LogP contribution in [-0.2, 0) is 6.54 Å². The third kappa shape index (κ3) is 1.83. The maximum absolute atomic E-state index is 4.67. The van der Waals surface area contributed by atoms with E-state index in [0.717, 1.165) is 17.1 Å². The van der Waals surface area contributed by atoms with Gasteiger partial charge in [-0.15, -0.1) is 11.3 Å². The van der Waals surface area contributed by atoms with Gasteiger partial charge < -0.3 is 5.32 Å². The van der Waals surface area contributed by atoms with Crippen LogP contribution >= 0.6 is 11.3 Å². The van der Waals surface area contributed by atoms with Crippen LogP contribution < -0.4 is 5.32 Å². The Kier molecular flexibility index (Phi) is 3.25. The van der Waals surface area contributed by atoms with E-state index in [-0.39, 0.29) is 0 Å². The molecular weight excluding hydrogens is 216 g/mol. The molecule has 0 aromatic carbocycles. The molecule has 84 valence electrons. The lowest BCUT2D eigenvalue weighted by molar-refractivity contribution is 0.844. The van der Waals surface area contributed by atoms with Crippen LogP contribution in [0.5, 0.6) is 0 Å². The van der Waals surface area contributed by atoms with Gasteiger partial charge in [0.2, 0.25) is 0 Å². The van der Waals surface area contributed by atoms with Crippen LogP contribution in [0.4, 0.5) is 0 Å². The van der Waals surface area contributed by atoms with Crippen molar-refractivity contribution in [2.24, 2.45) is 0 Å². The number of nitrogens with zero attached hydrogens (tertiary/aromatic N) is 1. The second kappa shape index (κ2) is 4.66. The maximum Gasteiger partial charge on any atom is 0.123 e. The standard InChI is InChI=1S/C11H10N2S.C2H6/c1-7-5-12-6-9-4-8-2-3-14-11(8)13-10(7)9;1-2/h2-5,12H,6H2,1H3;1-2H3. The SMILES string of the molecule is CC.CC1=CNCc2cc3ccsc3nc21. The quantitative estimate of drug-likeness (QED) is 0.747. The van der Waals surface area contributed by atoms with E-state index in [1.807, 2.05) is 20.0 Å². The molecule has 0 bridgehead atoms. The molecule has 3 heterocycles. The van der Waals surface area contributed by atoms with Gasteiger partial charge in [-0.05, 0) is 35.6 Å². The highest BCUT2D eigenvalue weighted by molar-refractivity contribution is 7.16. The molecule has 3 rings (SSSR count). The fourth-order valence-corrected chi connectivity index (χ4v) is 2.55. The van der Waals surface area contributed by atoms with E-state index >= 15 is 0 Å². The van der Waals surface area contributed by atoms with Crippen LogP contribution in [0.3, 0.4) is 0 Å². The molecule has 2 nitrogen and oxygen atoms in total. The zero-order valence-corrected chi connectivity index (χ0v) is 10.7. The molecule has 2 aromatic rings. The van der Waals surface area contributed by atoms with Gasteiger partial charge >= 0.3 is 0 Å². The van der Waals surface area contributed by atoms with Crippen molar-refractivity contribution in [2.45, 2.75) is 27.3 Å². The van der Waals surface area contributed by atoms with Crippen LogP contribution in [0.25, 0.3) is 15.8 Å². The maximum atomic E-state index is 4.67. The summed E-state index contributed by atoms with van der Waals surface area (Å²) in [6.07, 6.45) is 2.04. The van der Waals surface area contributed by atoms with Gasteiger partial charge in [-0.1, -0.05) is 13.8 Å². The molecule has 0 spiro atoms. The predicted molar refractivity (Wildman–Crippen MR) is 71.5 cm³/mol. The Labute approximate surface area is 100 Å².